The number of hydrogen-bond acceptors (Lipinski definition) is 8. The Balaban J connectivity index is 1.62. The molecular formula is C13H12N4O3S2. The quantitative estimate of drug-likeness (QED) is 0.662. The van der Waals surface area contributed by atoms with Crippen molar-refractivity contribution in [1.29, 1.82) is 0 Å². The van der Waals surface area contributed by atoms with Crippen molar-refractivity contribution in [3.8, 4) is 11.5 Å². The molecule has 3 aromatic rings. The number of aromatic nitrogens is 3. The van der Waals surface area contributed by atoms with Gasteiger partial charge in [-0.15, -0.1) is 21.5 Å². The molecule has 0 aliphatic carbocycles. The highest BCUT2D eigenvalue weighted by Gasteiger charge is 2.17. The van der Waals surface area contributed by atoms with E-state index < -0.39 is 0 Å². The van der Waals surface area contributed by atoms with Gasteiger partial charge in [0.2, 0.25) is 5.91 Å². The first-order valence-corrected chi connectivity index (χ1v) is 8.18. The first-order chi connectivity index (χ1) is 10.6. The molecule has 0 saturated heterocycles. The summed E-state index contributed by atoms with van der Waals surface area (Å²) in [6.07, 6.45) is 3.22. The molecule has 0 aliphatic rings. The van der Waals surface area contributed by atoms with Crippen LogP contribution in [0.1, 0.15) is 5.76 Å². The minimum absolute atomic E-state index is 0.0841. The summed E-state index contributed by atoms with van der Waals surface area (Å²) < 4.78 is 10.7. The van der Waals surface area contributed by atoms with Crippen molar-refractivity contribution in [1.82, 2.24) is 15.2 Å². The lowest BCUT2D eigenvalue weighted by molar-refractivity contribution is -0.115. The number of thiazole rings is 1. The standard InChI is InChI=1S/C13H12N4O3S2/c1-8-9(3-5-19-8)11-15-16-13(20-11)22-7-10(18)17(2)12-14-4-6-21-12/h3-6H,7H2,1-2H3. The first kappa shape index (κ1) is 14.8. The normalized spacial score (nSPS) is 10.8. The van der Waals surface area contributed by atoms with Crippen LogP contribution in [-0.4, -0.2) is 33.9 Å². The fourth-order valence-electron chi connectivity index (χ4n) is 1.69. The van der Waals surface area contributed by atoms with Crippen LogP contribution < -0.4 is 4.90 Å². The van der Waals surface area contributed by atoms with E-state index in [1.165, 1.54) is 28.0 Å². The van der Waals surface area contributed by atoms with E-state index in [0.717, 1.165) is 5.56 Å². The monoisotopic (exact) mass is 336 g/mol. The van der Waals surface area contributed by atoms with Gasteiger partial charge in [0.05, 0.1) is 17.6 Å². The summed E-state index contributed by atoms with van der Waals surface area (Å²) in [5, 5.41) is 10.7. The number of carbonyl (C=O) groups excluding carboxylic acids is 1. The largest absolute Gasteiger partial charge is 0.469 e. The summed E-state index contributed by atoms with van der Waals surface area (Å²) in [5.74, 6) is 1.20. The molecule has 0 aliphatic heterocycles. The molecule has 0 N–H and O–H groups in total. The Hall–Kier alpha value is -2.13. The maximum Gasteiger partial charge on any atom is 0.277 e. The Morgan fingerprint density at radius 2 is 2.32 bits per heavy atom. The fraction of sp³-hybridized carbons (Fsp3) is 0.231. The number of rotatable bonds is 5. The maximum absolute atomic E-state index is 12.1. The number of thioether (sulfide) groups is 1. The van der Waals surface area contributed by atoms with E-state index in [9.17, 15) is 4.79 Å². The first-order valence-electron chi connectivity index (χ1n) is 6.32. The number of furan rings is 1. The van der Waals surface area contributed by atoms with Crippen molar-refractivity contribution in [2.75, 3.05) is 17.7 Å². The number of nitrogens with zero attached hydrogens (tertiary/aromatic N) is 4. The van der Waals surface area contributed by atoms with Gasteiger partial charge in [-0.05, 0) is 13.0 Å². The Morgan fingerprint density at radius 1 is 1.45 bits per heavy atom. The lowest BCUT2D eigenvalue weighted by Gasteiger charge is -2.12. The topological polar surface area (TPSA) is 85.3 Å². The molecule has 114 valence electrons. The molecule has 7 nitrogen and oxygen atoms in total. The predicted molar refractivity (Wildman–Crippen MR) is 83.0 cm³/mol. The highest BCUT2D eigenvalue weighted by atomic mass is 32.2. The Bertz CT molecular complexity index is 766. The molecule has 1 amide bonds. The highest BCUT2D eigenvalue weighted by molar-refractivity contribution is 7.99. The minimum Gasteiger partial charge on any atom is -0.469 e. The zero-order valence-corrected chi connectivity index (χ0v) is 13.5. The lowest BCUT2D eigenvalue weighted by atomic mass is 10.3. The van der Waals surface area contributed by atoms with E-state index in [4.69, 9.17) is 8.83 Å². The molecule has 0 fully saturated rings. The number of amides is 1. The summed E-state index contributed by atoms with van der Waals surface area (Å²) in [4.78, 5) is 17.7. The molecule has 22 heavy (non-hydrogen) atoms. The third-order valence-electron chi connectivity index (χ3n) is 2.90. The zero-order chi connectivity index (χ0) is 15.5. The zero-order valence-electron chi connectivity index (χ0n) is 11.8. The Labute approximate surface area is 134 Å². The molecule has 3 heterocycles. The van der Waals surface area contributed by atoms with Gasteiger partial charge in [-0.2, -0.15) is 0 Å². The third kappa shape index (κ3) is 3.04. The van der Waals surface area contributed by atoms with E-state index in [0.29, 0.717) is 22.0 Å². The van der Waals surface area contributed by atoms with Crippen molar-refractivity contribution >= 4 is 34.1 Å². The summed E-state index contributed by atoms with van der Waals surface area (Å²) >= 11 is 2.60. The molecule has 0 spiro atoms. The summed E-state index contributed by atoms with van der Waals surface area (Å²) in [6, 6.07) is 1.76. The average Bonchev–Trinajstić information content (AvgIpc) is 3.24. The van der Waals surface area contributed by atoms with Gasteiger partial charge in [0.1, 0.15) is 5.76 Å². The van der Waals surface area contributed by atoms with Crippen LogP contribution in [0.4, 0.5) is 5.13 Å². The molecule has 0 radical (unpaired) electrons. The van der Waals surface area contributed by atoms with E-state index in [1.807, 2.05) is 12.3 Å². The van der Waals surface area contributed by atoms with Crippen molar-refractivity contribution in [2.45, 2.75) is 12.1 Å². The fourth-order valence-corrected chi connectivity index (χ4v) is 2.99. The highest BCUT2D eigenvalue weighted by Crippen LogP contribution is 2.26. The molecular weight excluding hydrogens is 324 g/mol. The van der Waals surface area contributed by atoms with Gasteiger partial charge in [0, 0.05) is 18.6 Å². The second-order valence-corrected chi connectivity index (χ2v) is 6.12. The molecule has 0 atom stereocenters. The lowest BCUT2D eigenvalue weighted by Crippen LogP contribution is -2.27. The van der Waals surface area contributed by atoms with Gasteiger partial charge in [-0.25, -0.2) is 4.98 Å². The van der Waals surface area contributed by atoms with Crippen molar-refractivity contribution in [3.63, 3.8) is 0 Å². The summed E-state index contributed by atoms with van der Waals surface area (Å²) in [6.45, 7) is 1.82. The summed E-state index contributed by atoms with van der Waals surface area (Å²) in [5.41, 5.74) is 0.755. The van der Waals surface area contributed by atoms with Crippen LogP contribution in [0, 0.1) is 6.92 Å². The molecule has 3 rings (SSSR count). The predicted octanol–water partition coefficient (Wildman–Crippen LogP) is 2.85. The molecule has 3 aromatic heterocycles. The van der Waals surface area contributed by atoms with Gasteiger partial charge in [-0.1, -0.05) is 11.8 Å². The third-order valence-corrected chi connectivity index (χ3v) is 4.55. The van der Waals surface area contributed by atoms with Gasteiger partial charge in [-0.3, -0.25) is 9.69 Å². The van der Waals surface area contributed by atoms with E-state index in [2.05, 4.69) is 15.2 Å². The van der Waals surface area contributed by atoms with E-state index in [1.54, 1.807) is 25.6 Å². The van der Waals surface area contributed by atoms with Crippen LogP contribution in [0.3, 0.4) is 0 Å². The number of aryl methyl sites for hydroxylation is 1. The van der Waals surface area contributed by atoms with Gasteiger partial charge >= 0.3 is 0 Å². The minimum atomic E-state index is -0.0841. The van der Waals surface area contributed by atoms with Crippen LogP contribution in [0.2, 0.25) is 0 Å². The number of carbonyl (C=O) groups is 1. The second kappa shape index (κ2) is 6.32. The molecule has 0 bridgehead atoms. The van der Waals surface area contributed by atoms with E-state index >= 15 is 0 Å². The van der Waals surface area contributed by atoms with Crippen LogP contribution in [-0.2, 0) is 4.79 Å². The molecule has 0 saturated carbocycles. The van der Waals surface area contributed by atoms with Gasteiger partial charge in [0.15, 0.2) is 5.13 Å². The molecule has 9 heteroatoms. The van der Waals surface area contributed by atoms with Crippen LogP contribution in [0.25, 0.3) is 11.5 Å². The van der Waals surface area contributed by atoms with Crippen LogP contribution in [0.5, 0.6) is 0 Å². The average molecular weight is 336 g/mol. The van der Waals surface area contributed by atoms with Crippen molar-refractivity contribution < 1.29 is 13.6 Å². The SMILES string of the molecule is Cc1occc1-c1nnc(SCC(=O)N(C)c2nccs2)o1. The second-order valence-electron chi connectivity index (χ2n) is 4.32. The van der Waals surface area contributed by atoms with Crippen LogP contribution in [0.15, 0.2) is 38.0 Å². The van der Waals surface area contributed by atoms with Crippen molar-refractivity contribution in [3.05, 3.63) is 29.7 Å². The molecule has 0 aromatic carbocycles. The smallest absolute Gasteiger partial charge is 0.277 e. The van der Waals surface area contributed by atoms with Gasteiger partial charge < -0.3 is 8.83 Å². The number of hydrogen-bond donors (Lipinski definition) is 0. The summed E-state index contributed by atoms with van der Waals surface area (Å²) in [7, 11) is 1.69. The molecule has 0 unspecified atom stereocenters. The number of anilines is 1. The maximum atomic E-state index is 12.1. The van der Waals surface area contributed by atoms with Crippen molar-refractivity contribution in [2.24, 2.45) is 0 Å². The van der Waals surface area contributed by atoms with Gasteiger partial charge in [0.25, 0.3) is 11.1 Å². The Morgan fingerprint density at radius 3 is 3.00 bits per heavy atom. The van der Waals surface area contributed by atoms with Crippen LogP contribution >= 0.6 is 23.1 Å². The van der Waals surface area contributed by atoms with E-state index in [-0.39, 0.29) is 11.7 Å². The Kier molecular flexibility index (Phi) is 4.25.